The van der Waals surface area contributed by atoms with Crippen molar-refractivity contribution in [3.8, 4) is 11.6 Å². The normalized spacial score (nSPS) is 10.8. The van der Waals surface area contributed by atoms with Crippen LogP contribution >= 0.6 is 23.2 Å². The van der Waals surface area contributed by atoms with Crippen LogP contribution in [0.15, 0.2) is 42.5 Å². The zero-order valence-electron chi connectivity index (χ0n) is 12.6. The molecule has 3 rings (SSSR count). The molecule has 5 nitrogen and oxygen atoms in total. The second-order valence-electron chi connectivity index (χ2n) is 5.08. The molecule has 124 valence electrons. The highest BCUT2D eigenvalue weighted by Gasteiger charge is 2.16. The number of ether oxygens (including phenoxy) is 2. The molecular formula is C17H13Cl2NO4. The van der Waals surface area contributed by atoms with Crippen LogP contribution in [0, 0.1) is 0 Å². The molecule has 24 heavy (non-hydrogen) atoms. The number of halogens is 2. The molecular weight excluding hydrogens is 353 g/mol. The molecule has 0 spiro atoms. The van der Waals surface area contributed by atoms with Gasteiger partial charge in [0.05, 0.1) is 29.2 Å². The fourth-order valence-corrected chi connectivity index (χ4v) is 2.89. The Hall–Kier alpha value is -2.37. The van der Waals surface area contributed by atoms with Gasteiger partial charge in [0.2, 0.25) is 5.88 Å². The third kappa shape index (κ3) is 3.13. The van der Waals surface area contributed by atoms with E-state index in [0.717, 1.165) is 16.5 Å². The van der Waals surface area contributed by atoms with Gasteiger partial charge in [-0.1, -0.05) is 35.3 Å². The molecule has 1 aromatic heterocycles. The van der Waals surface area contributed by atoms with E-state index in [4.69, 9.17) is 37.8 Å². The Morgan fingerprint density at radius 2 is 1.96 bits per heavy atom. The standard InChI is InChI=1S/C17H13Cl2NO4/c1-23-15-4-2-3-14-11(15)8-16(24-17(21)22)20(14)9-10-5-6-12(18)13(19)7-10/h2-8H,9H2,1H3,(H,21,22). The molecule has 0 saturated heterocycles. The lowest BCUT2D eigenvalue weighted by molar-refractivity contribution is 0.141. The molecule has 0 atom stereocenters. The van der Waals surface area contributed by atoms with Gasteiger partial charge in [-0.15, -0.1) is 0 Å². The van der Waals surface area contributed by atoms with E-state index in [1.54, 1.807) is 35.9 Å². The predicted molar refractivity (Wildman–Crippen MR) is 92.7 cm³/mol. The number of benzene rings is 2. The summed E-state index contributed by atoms with van der Waals surface area (Å²) in [5.74, 6) is 0.837. The smallest absolute Gasteiger partial charge is 0.496 e. The van der Waals surface area contributed by atoms with Crippen LogP contribution in [0.4, 0.5) is 4.79 Å². The van der Waals surface area contributed by atoms with Crippen LogP contribution in [-0.4, -0.2) is 22.9 Å². The molecule has 0 fully saturated rings. The van der Waals surface area contributed by atoms with E-state index in [1.807, 2.05) is 18.2 Å². The third-order valence-corrected chi connectivity index (χ3v) is 4.34. The summed E-state index contributed by atoms with van der Waals surface area (Å²) in [5.41, 5.74) is 1.65. The van der Waals surface area contributed by atoms with Crippen LogP contribution in [0.2, 0.25) is 10.0 Å². The topological polar surface area (TPSA) is 60.7 Å². The van der Waals surface area contributed by atoms with Crippen molar-refractivity contribution in [1.82, 2.24) is 4.57 Å². The van der Waals surface area contributed by atoms with Crippen molar-refractivity contribution in [2.24, 2.45) is 0 Å². The Bertz CT molecular complexity index is 920. The number of hydrogen-bond donors (Lipinski definition) is 1. The van der Waals surface area contributed by atoms with Crippen LogP contribution < -0.4 is 9.47 Å². The minimum absolute atomic E-state index is 0.202. The number of rotatable bonds is 4. The van der Waals surface area contributed by atoms with Gasteiger partial charge in [-0.05, 0) is 29.8 Å². The minimum atomic E-state index is -1.38. The van der Waals surface area contributed by atoms with Crippen LogP contribution in [0.25, 0.3) is 10.9 Å². The van der Waals surface area contributed by atoms with Gasteiger partial charge in [-0.2, -0.15) is 0 Å². The molecule has 0 saturated carbocycles. The van der Waals surface area contributed by atoms with Crippen LogP contribution in [0.5, 0.6) is 11.6 Å². The van der Waals surface area contributed by atoms with Gasteiger partial charge in [-0.25, -0.2) is 4.79 Å². The van der Waals surface area contributed by atoms with Crippen molar-refractivity contribution >= 4 is 40.3 Å². The monoisotopic (exact) mass is 365 g/mol. The maximum Gasteiger partial charge on any atom is 0.512 e. The highest BCUT2D eigenvalue weighted by molar-refractivity contribution is 6.42. The van der Waals surface area contributed by atoms with Gasteiger partial charge < -0.3 is 19.1 Å². The number of hydrogen-bond acceptors (Lipinski definition) is 3. The van der Waals surface area contributed by atoms with Crippen LogP contribution in [0.3, 0.4) is 0 Å². The van der Waals surface area contributed by atoms with Gasteiger partial charge in [0.1, 0.15) is 5.75 Å². The van der Waals surface area contributed by atoms with E-state index >= 15 is 0 Å². The quantitative estimate of drug-likeness (QED) is 0.656. The van der Waals surface area contributed by atoms with Crippen LogP contribution in [0.1, 0.15) is 5.56 Å². The first-order chi connectivity index (χ1) is 11.5. The summed E-state index contributed by atoms with van der Waals surface area (Å²) in [7, 11) is 1.56. The maximum absolute atomic E-state index is 11.0. The molecule has 0 bridgehead atoms. The van der Waals surface area contributed by atoms with Crippen molar-refractivity contribution in [1.29, 1.82) is 0 Å². The highest BCUT2D eigenvalue weighted by atomic mass is 35.5. The molecule has 7 heteroatoms. The molecule has 0 aliphatic heterocycles. The summed E-state index contributed by atoms with van der Waals surface area (Å²) in [6.45, 7) is 0.371. The van der Waals surface area contributed by atoms with Crippen molar-refractivity contribution in [2.45, 2.75) is 6.54 Å². The number of carbonyl (C=O) groups is 1. The van der Waals surface area contributed by atoms with Gasteiger partial charge >= 0.3 is 6.16 Å². The van der Waals surface area contributed by atoms with E-state index in [-0.39, 0.29) is 5.88 Å². The summed E-state index contributed by atoms with van der Waals surface area (Å²) < 4.78 is 12.0. The SMILES string of the molecule is COc1cccc2c1cc(OC(=O)O)n2Cc1ccc(Cl)c(Cl)c1. The maximum atomic E-state index is 11.0. The molecule has 0 aliphatic carbocycles. The summed E-state index contributed by atoms with van der Waals surface area (Å²) in [4.78, 5) is 11.0. The lowest BCUT2D eigenvalue weighted by Gasteiger charge is -2.10. The van der Waals surface area contributed by atoms with Crippen molar-refractivity contribution in [3.05, 3.63) is 58.1 Å². The Morgan fingerprint density at radius 1 is 1.17 bits per heavy atom. The Balaban J connectivity index is 2.13. The molecule has 1 heterocycles. The molecule has 1 N–H and O–H groups in total. The number of nitrogens with zero attached hydrogens (tertiary/aromatic N) is 1. The zero-order chi connectivity index (χ0) is 17.3. The van der Waals surface area contributed by atoms with Gasteiger partial charge in [0.25, 0.3) is 0 Å². The Morgan fingerprint density at radius 3 is 2.62 bits per heavy atom. The number of carboxylic acid groups (broad SMARTS) is 1. The third-order valence-electron chi connectivity index (χ3n) is 3.60. The van der Waals surface area contributed by atoms with Gasteiger partial charge in [0.15, 0.2) is 0 Å². The van der Waals surface area contributed by atoms with Crippen LogP contribution in [-0.2, 0) is 6.54 Å². The van der Waals surface area contributed by atoms with E-state index in [1.165, 1.54) is 0 Å². The fourth-order valence-electron chi connectivity index (χ4n) is 2.57. The van der Waals surface area contributed by atoms with Gasteiger partial charge in [0, 0.05) is 11.5 Å². The number of methoxy groups -OCH3 is 1. The summed E-state index contributed by atoms with van der Waals surface area (Å²) >= 11 is 12.0. The predicted octanol–water partition coefficient (Wildman–Crippen LogP) is 5.06. The summed E-state index contributed by atoms with van der Waals surface area (Å²) in [6.07, 6.45) is -1.38. The first-order valence-electron chi connectivity index (χ1n) is 7.00. The average molecular weight is 366 g/mol. The minimum Gasteiger partial charge on any atom is -0.496 e. The van der Waals surface area contributed by atoms with Gasteiger partial charge in [-0.3, -0.25) is 0 Å². The molecule has 0 radical (unpaired) electrons. The Kier molecular flexibility index (Phi) is 4.55. The molecule has 3 aromatic rings. The molecule has 0 unspecified atom stereocenters. The summed E-state index contributed by atoms with van der Waals surface area (Å²) in [6, 6.07) is 12.4. The van der Waals surface area contributed by atoms with E-state index in [0.29, 0.717) is 22.3 Å². The number of aromatic nitrogens is 1. The highest BCUT2D eigenvalue weighted by Crippen LogP contribution is 2.33. The fraction of sp³-hybridized carbons (Fsp3) is 0.118. The van der Waals surface area contributed by atoms with Crippen molar-refractivity contribution < 1.29 is 19.4 Å². The molecule has 0 aliphatic rings. The second-order valence-corrected chi connectivity index (χ2v) is 5.89. The molecule has 2 aromatic carbocycles. The Labute approximate surface area is 147 Å². The lowest BCUT2D eigenvalue weighted by Crippen LogP contribution is -2.09. The lowest BCUT2D eigenvalue weighted by atomic mass is 10.2. The van der Waals surface area contributed by atoms with E-state index in [9.17, 15) is 4.79 Å². The first-order valence-corrected chi connectivity index (χ1v) is 7.76. The number of fused-ring (bicyclic) bond motifs is 1. The van der Waals surface area contributed by atoms with Crippen molar-refractivity contribution in [3.63, 3.8) is 0 Å². The van der Waals surface area contributed by atoms with Crippen molar-refractivity contribution in [2.75, 3.05) is 7.11 Å². The first kappa shape index (κ1) is 16.5. The van der Waals surface area contributed by atoms with E-state index < -0.39 is 6.16 Å². The average Bonchev–Trinajstić information content (AvgIpc) is 2.88. The van der Waals surface area contributed by atoms with E-state index in [2.05, 4.69) is 0 Å². The zero-order valence-corrected chi connectivity index (χ0v) is 14.1. The second kappa shape index (κ2) is 6.63. The molecule has 0 amide bonds. The largest absolute Gasteiger partial charge is 0.512 e. The summed E-state index contributed by atoms with van der Waals surface area (Å²) in [5, 5.41) is 10.6.